The maximum atomic E-state index is 14.2. The maximum Gasteiger partial charge on any atom is 0.262 e. The number of rotatable bonds is 8. The SMILES string of the molecule is CCC(C)C(C(=O)N1CCOCCOCCN(C(=O)C(C(C)CC)N2C(=O)c3ccccc3C2=O)CCOCCOCC1)N1C(=O)c2ccccc2C1=O. The second kappa shape index (κ2) is 19.2. The fraction of sp³-hybridized carbons (Fsp3) is 0.550. The van der Waals surface area contributed by atoms with Gasteiger partial charge in [-0.2, -0.15) is 0 Å². The topological polar surface area (TPSA) is 152 Å². The monoisotopic (exact) mass is 748 g/mol. The number of imide groups is 2. The van der Waals surface area contributed by atoms with Crippen LogP contribution >= 0.6 is 0 Å². The molecule has 0 aliphatic carbocycles. The minimum Gasteiger partial charge on any atom is -0.377 e. The van der Waals surface area contributed by atoms with E-state index < -0.39 is 35.7 Å². The largest absolute Gasteiger partial charge is 0.377 e. The van der Waals surface area contributed by atoms with Crippen LogP contribution in [0.25, 0.3) is 0 Å². The van der Waals surface area contributed by atoms with Gasteiger partial charge in [0.2, 0.25) is 11.8 Å². The van der Waals surface area contributed by atoms with Gasteiger partial charge in [-0.05, 0) is 36.1 Å². The van der Waals surface area contributed by atoms with Gasteiger partial charge >= 0.3 is 0 Å². The molecule has 14 heteroatoms. The summed E-state index contributed by atoms with van der Waals surface area (Å²) in [6.45, 7) is 9.93. The maximum absolute atomic E-state index is 14.2. The number of amides is 6. The van der Waals surface area contributed by atoms with Crippen molar-refractivity contribution in [2.45, 2.75) is 52.6 Å². The van der Waals surface area contributed by atoms with Crippen LogP contribution in [0.4, 0.5) is 0 Å². The van der Waals surface area contributed by atoms with Crippen molar-refractivity contribution in [1.29, 1.82) is 0 Å². The van der Waals surface area contributed by atoms with Gasteiger partial charge in [-0.3, -0.25) is 38.6 Å². The van der Waals surface area contributed by atoms with Gasteiger partial charge in [0.25, 0.3) is 23.6 Å². The number of hydrogen-bond donors (Lipinski definition) is 0. The molecule has 3 aliphatic rings. The number of benzene rings is 2. The Hall–Kier alpha value is -4.50. The summed E-state index contributed by atoms with van der Waals surface area (Å²) >= 11 is 0. The number of ether oxygens (including phenoxy) is 4. The molecule has 3 heterocycles. The molecule has 1 fully saturated rings. The Kier molecular flexibility index (Phi) is 14.5. The second-order valence-corrected chi connectivity index (χ2v) is 13.8. The van der Waals surface area contributed by atoms with Gasteiger partial charge in [0.1, 0.15) is 12.1 Å². The Labute approximate surface area is 316 Å². The third-order valence-electron chi connectivity index (χ3n) is 10.5. The molecule has 0 bridgehead atoms. The Balaban J connectivity index is 1.21. The zero-order chi connectivity index (χ0) is 38.8. The fourth-order valence-corrected chi connectivity index (χ4v) is 6.97. The Morgan fingerprint density at radius 1 is 0.500 bits per heavy atom. The summed E-state index contributed by atoms with van der Waals surface area (Å²) in [6.07, 6.45) is 1.15. The lowest BCUT2D eigenvalue weighted by Crippen LogP contribution is -2.55. The van der Waals surface area contributed by atoms with Crippen molar-refractivity contribution in [2.24, 2.45) is 11.8 Å². The van der Waals surface area contributed by atoms with Crippen LogP contribution in [0.5, 0.6) is 0 Å². The molecule has 2 aromatic carbocycles. The zero-order valence-corrected chi connectivity index (χ0v) is 31.7. The van der Waals surface area contributed by atoms with E-state index in [4.69, 9.17) is 18.9 Å². The number of carbonyl (C=O) groups excluding carboxylic acids is 6. The van der Waals surface area contributed by atoms with Crippen molar-refractivity contribution in [3.05, 3.63) is 70.8 Å². The van der Waals surface area contributed by atoms with E-state index in [0.717, 1.165) is 9.80 Å². The molecule has 6 amide bonds. The lowest BCUT2D eigenvalue weighted by molar-refractivity contribution is -0.140. The van der Waals surface area contributed by atoms with Gasteiger partial charge in [-0.25, -0.2) is 0 Å². The third kappa shape index (κ3) is 8.89. The summed E-state index contributed by atoms with van der Waals surface area (Å²) < 4.78 is 23.3. The smallest absolute Gasteiger partial charge is 0.262 e. The first-order chi connectivity index (χ1) is 26.1. The predicted molar refractivity (Wildman–Crippen MR) is 197 cm³/mol. The summed E-state index contributed by atoms with van der Waals surface area (Å²) in [5, 5.41) is 0. The van der Waals surface area contributed by atoms with Crippen molar-refractivity contribution in [3.8, 4) is 0 Å². The molecule has 4 atom stereocenters. The molecule has 0 N–H and O–H groups in total. The highest BCUT2D eigenvalue weighted by Crippen LogP contribution is 2.31. The van der Waals surface area contributed by atoms with Gasteiger partial charge < -0.3 is 28.7 Å². The lowest BCUT2D eigenvalue weighted by atomic mass is 9.96. The van der Waals surface area contributed by atoms with E-state index in [2.05, 4.69) is 0 Å². The minimum absolute atomic E-state index is 0.176. The van der Waals surface area contributed by atoms with Gasteiger partial charge in [0.15, 0.2) is 0 Å². The minimum atomic E-state index is -0.991. The van der Waals surface area contributed by atoms with Crippen LogP contribution in [0.15, 0.2) is 48.5 Å². The van der Waals surface area contributed by atoms with Gasteiger partial charge in [-0.15, -0.1) is 0 Å². The summed E-state index contributed by atoms with van der Waals surface area (Å²) in [7, 11) is 0. The van der Waals surface area contributed by atoms with E-state index >= 15 is 0 Å². The molecular formula is C40H52N4O10. The van der Waals surface area contributed by atoms with E-state index in [1.807, 2.05) is 27.7 Å². The summed E-state index contributed by atoms with van der Waals surface area (Å²) in [6, 6.07) is 11.2. The van der Waals surface area contributed by atoms with Crippen molar-refractivity contribution in [2.75, 3.05) is 79.0 Å². The number of nitrogens with zero attached hydrogens (tertiary/aromatic N) is 4. The second-order valence-electron chi connectivity index (χ2n) is 13.8. The quantitative estimate of drug-likeness (QED) is 0.369. The molecule has 14 nitrogen and oxygen atoms in total. The average Bonchev–Trinajstić information content (AvgIpc) is 3.58. The van der Waals surface area contributed by atoms with E-state index in [-0.39, 0.29) is 103 Å². The summed E-state index contributed by atoms with van der Waals surface area (Å²) in [5.41, 5.74) is 1.17. The molecule has 1 saturated heterocycles. The first kappa shape index (κ1) is 40.7. The summed E-state index contributed by atoms with van der Waals surface area (Å²) in [5.74, 6) is -3.20. The average molecular weight is 749 g/mol. The van der Waals surface area contributed by atoms with E-state index in [0.29, 0.717) is 35.1 Å². The molecule has 4 unspecified atom stereocenters. The van der Waals surface area contributed by atoms with Crippen LogP contribution in [0.2, 0.25) is 0 Å². The molecule has 0 spiro atoms. The Morgan fingerprint density at radius 3 is 1.00 bits per heavy atom. The Bertz CT molecular complexity index is 1470. The number of carbonyl (C=O) groups is 6. The molecule has 0 radical (unpaired) electrons. The highest BCUT2D eigenvalue weighted by Gasteiger charge is 2.47. The van der Waals surface area contributed by atoms with Crippen molar-refractivity contribution in [1.82, 2.24) is 19.6 Å². The van der Waals surface area contributed by atoms with Crippen LogP contribution in [0.1, 0.15) is 82.0 Å². The molecular weight excluding hydrogens is 696 g/mol. The normalized spacial score (nSPS) is 20.5. The molecule has 5 rings (SSSR count). The van der Waals surface area contributed by atoms with Crippen molar-refractivity contribution >= 4 is 35.4 Å². The lowest BCUT2D eigenvalue weighted by Gasteiger charge is -2.35. The fourth-order valence-electron chi connectivity index (χ4n) is 6.97. The number of fused-ring (bicyclic) bond motifs is 2. The van der Waals surface area contributed by atoms with Crippen molar-refractivity contribution < 1.29 is 47.7 Å². The third-order valence-corrected chi connectivity index (χ3v) is 10.5. The van der Waals surface area contributed by atoms with E-state index in [9.17, 15) is 28.8 Å². The molecule has 0 saturated carbocycles. The van der Waals surface area contributed by atoms with Gasteiger partial charge in [0, 0.05) is 26.2 Å². The molecule has 0 aromatic heterocycles. The van der Waals surface area contributed by atoms with E-state index in [1.165, 1.54) is 0 Å². The van der Waals surface area contributed by atoms with E-state index in [1.54, 1.807) is 58.3 Å². The first-order valence-corrected chi connectivity index (χ1v) is 18.9. The standard InChI is InChI=1S/C40H52N4O10/c1-5-27(3)33(43-35(45)29-11-7-8-12-30(29)36(43)46)39(49)41-15-19-51-23-25-53-21-17-42(18-22-54-26-24-52-20-16-41)40(50)34(28(4)6-2)44-37(47)31-13-9-10-14-32(31)38(44)48/h7-14,27-28,33-34H,5-6,15-26H2,1-4H3. The molecule has 292 valence electrons. The predicted octanol–water partition coefficient (Wildman–Crippen LogP) is 3.15. The van der Waals surface area contributed by atoms with Crippen LogP contribution in [0, 0.1) is 11.8 Å². The van der Waals surface area contributed by atoms with Gasteiger partial charge in [0.05, 0.1) is 75.1 Å². The molecule has 3 aliphatic heterocycles. The number of hydrogen-bond acceptors (Lipinski definition) is 10. The van der Waals surface area contributed by atoms with Crippen LogP contribution < -0.4 is 0 Å². The highest BCUT2D eigenvalue weighted by molar-refractivity contribution is 6.23. The van der Waals surface area contributed by atoms with Gasteiger partial charge in [-0.1, -0.05) is 64.8 Å². The zero-order valence-electron chi connectivity index (χ0n) is 31.7. The summed E-state index contributed by atoms with van der Waals surface area (Å²) in [4.78, 5) is 87.4. The van der Waals surface area contributed by atoms with Crippen molar-refractivity contribution in [3.63, 3.8) is 0 Å². The highest BCUT2D eigenvalue weighted by atomic mass is 16.5. The first-order valence-electron chi connectivity index (χ1n) is 18.9. The molecule has 2 aromatic rings. The molecule has 54 heavy (non-hydrogen) atoms. The Morgan fingerprint density at radius 2 is 0.759 bits per heavy atom. The van der Waals surface area contributed by atoms with Crippen LogP contribution in [-0.4, -0.2) is 146 Å². The van der Waals surface area contributed by atoms with Crippen LogP contribution in [0.3, 0.4) is 0 Å². The van der Waals surface area contributed by atoms with Crippen LogP contribution in [-0.2, 0) is 28.5 Å².